The van der Waals surface area contributed by atoms with Crippen LogP contribution in [0.15, 0.2) is 60.8 Å². The number of piperidine rings is 1. The SMILES string of the molecule is c1ccc(-c2cnc(C3CCCN(c4nc5ccccc5nc4N4CCOCC4)C3)[nH]2)cc1. The summed E-state index contributed by atoms with van der Waals surface area (Å²) in [4.78, 5) is 23.2. The highest BCUT2D eigenvalue weighted by molar-refractivity contribution is 5.81. The van der Waals surface area contributed by atoms with E-state index in [1.807, 2.05) is 30.5 Å². The fourth-order valence-electron chi connectivity index (χ4n) is 4.88. The van der Waals surface area contributed by atoms with Gasteiger partial charge in [-0.3, -0.25) is 0 Å². The molecule has 1 unspecified atom stereocenters. The van der Waals surface area contributed by atoms with Crippen LogP contribution in [0.2, 0.25) is 0 Å². The monoisotopic (exact) mass is 440 g/mol. The summed E-state index contributed by atoms with van der Waals surface area (Å²) >= 11 is 0. The van der Waals surface area contributed by atoms with Crippen molar-refractivity contribution in [2.75, 3.05) is 49.2 Å². The minimum Gasteiger partial charge on any atom is -0.378 e. The molecule has 7 nitrogen and oxygen atoms in total. The summed E-state index contributed by atoms with van der Waals surface area (Å²) < 4.78 is 5.59. The Morgan fingerprint density at radius 3 is 2.27 bits per heavy atom. The van der Waals surface area contributed by atoms with Crippen LogP contribution < -0.4 is 9.80 Å². The Morgan fingerprint density at radius 2 is 1.52 bits per heavy atom. The largest absolute Gasteiger partial charge is 0.378 e. The number of hydrogen-bond donors (Lipinski definition) is 1. The number of para-hydroxylation sites is 2. The summed E-state index contributed by atoms with van der Waals surface area (Å²) in [5.41, 5.74) is 4.12. The van der Waals surface area contributed by atoms with Crippen molar-refractivity contribution in [3.8, 4) is 11.3 Å². The van der Waals surface area contributed by atoms with Crippen LogP contribution in [0.5, 0.6) is 0 Å². The minimum atomic E-state index is 0.335. The molecule has 2 saturated heterocycles. The zero-order valence-corrected chi connectivity index (χ0v) is 18.7. The van der Waals surface area contributed by atoms with Crippen molar-refractivity contribution in [1.29, 1.82) is 0 Å². The molecule has 33 heavy (non-hydrogen) atoms. The molecule has 2 aliphatic heterocycles. The Kier molecular flexibility index (Phi) is 5.40. The van der Waals surface area contributed by atoms with E-state index >= 15 is 0 Å². The second-order valence-corrected chi connectivity index (χ2v) is 8.79. The molecule has 0 radical (unpaired) electrons. The maximum Gasteiger partial charge on any atom is 0.172 e. The number of hydrogen-bond acceptors (Lipinski definition) is 6. The number of aromatic amines is 1. The first-order chi connectivity index (χ1) is 16.3. The number of aromatic nitrogens is 4. The number of fused-ring (bicyclic) bond motifs is 1. The van der Waals surface area contributed by atoms with Crippen molar-refractivity contribution in [1.82, 2.24) is 19.9 Å². The van der Waals surface area contributed by atoms with Gasteiger partial charge in [-0.1, -0.05) is 42.5 Å². The van der Waals surface area contributed by atoms with Crippen molar-refractivity contribution >= 4 is 22.7 Å². The van der Waals surface area contributed by atoms with Crippen LogP contribution >= 0.6 is 0 Å². The van der Waals surface area contributed by atoms with Gasteiger partial charge in [0.25, 0.3) is 0 Å². The van der Waals surface area contributed by atoms with Crippen LogP contribution in [0.1, 0.15) is 24.6 Å². The zero-order valence-electron chi connectivity index (χ0n) is 18.7. The third-order valence-electron chi connectivity index (χ3n) is 6.63. The fraction of sp³-hybridized carbons (Fsp3) is 0.346. The van der Waals surface area contributed by atoms with Crippen LogP contribution in [0.4, 0.5) is 11.6 Å². The Hall–Kier alpha value is -3.45. The third-order valence-corrected chi connectivity index (χ3v) is 6.63. The number of nitrogens with one attached hydrogen (secondary N) is 1. The average molecular weight is 441 g/mol. The maximum absolute atomic E-state index is 5.59. The molecule has 0 bridgehead atoms. The Bertz CT molecular complexity index is 1230. The molecule has 6 rings (SSSR count). The highest BCUT2D eigenvalue weighted by Gasteiger charge is 2.29. The van der Waals surface area contributed by atoms with Gasteiger partial charge in [-0.15, -0.1) is 0 Å². The van der Waals surface area contributed by atoms with Gasteiger partial charge in [0.15, 0.2) is 11.6 Å². The van der Waals surface area contributed by atoms with Crippen molar-refractivity contribution in [2.24, 2.45) is 0 Å². The Labute approximate surface area is 193 Å². The number of benzene rings is 2. The van der Waals surface area contributed by atoms with Gasteiger partial charge in [0.1, 0.15) is 5.82 Å². The van der Waals surface area contributed by atoms with Crippen LogP contribution in [-0.2, 0) is 4.74 Å². The lowest BCUT2D eigenvalue weighted by Gasteiger charge is -2.36. The molecule has 1 atom stereocenters. The molecule has 2 aromatic carbocycles. The molecule has 168 valence electrons. The van der Waals surface area contributed by atoms with E-state index in [-0.39, 0.29) is 0 Å². The van der Waals surface area contributed by atoms with Gasteiger partial charge >= 0.3 is 0 Å². The number of H-pyrrole nitrogens is 1. The van der Waals surface area contributed by atoms with Crippen LogP contribution in [0.25, 0.3) is 22.3 Å². The lowest BCUT2D eigenvalue weighted by Crippen LogP contribution is -2.40. The predicted octanol–water partition coefficient (Wildman–Crippen LogP) is 4.24. The molecule has 0 spiro atoms. The quantitative estimate of drug-likeness (QED) is 0.512. The summed E-state index contributed by atoms with van der Waals surface area (Å²) in [6.07, 6.45) is 4.17. The highest BCUT2D eigenvalue weighted by Crippen LogP contribution is 2.34. The van der Waals surface area contributed by atoms with E-state index in [1.165, 1.54) is 5.56 Å². The van der Waals surface area contributed by atoms with Crippen LogP contribution in [0, 0.1) is 0 Å². The molecular formula is C26H28N6O. The van der Waals surface area contributed by atoms with Crippen molar-refractivity contribution in [3.05, 3.63) is 66.6 Å². The van der Waals surface area contributed by atoms with Crippen molar-refractivity contribution < 1.29 is 4.74 Å². The number of anilines is 2. The Morgan fingerprint density at radius 1 is 0.818 bits per heavy atom. The van der Waals surface area contributed by atoms with Gasteiger partial charge in [-0.2, -0.15) is 0 Å². The van der Waals surface area contributed by atoms with E-state index in [0.29, 0.717) is 5.92 Å². The normalized spacial score (nSPS) is 19.2. The van der Waals surface area contributed by atoms with Gasteiger partial charge in [0.2, 0.25) is 0 Å². The molecule has 7 heteroatoms. The molecule has 2 aliphatic rings. The first kappa shape index (κ1) is 20.2. The molecule has 4 aromatic rings. The number of nitrogens with zero attached hydrogens (tertiary/aromatic N) is 5. The van der Waals surface area contributed by atoms with Crippen LogP contribution in [0.3, 0.4) is 0 Å². The predicted molar refractivity (Wildman–Crippen MR) is 131 cm³/mol. The Balaban J connectivity index is 1.32. The van der Waals surface area contributed by atoms with Crippen molar-refractivity contribution in [3.63, 3.8) is 0 Å². The summed E-state index contributed by atoms with van der Waals surface area (Å²) in [6.45, 7) is 5.00. The first-order valence-corrected chi connectivity index (χ1v) is 11.8. The summed E-state index contributed by atoms with van der Waals surface area (Å²) in [6, 6.07) is 18.5. The molecule has 1 N–H and O–H groups in total. The van der Waals surface area contributed by atoms with E-state index < -0.39 is 0 Å². The summed E-state index contributed by atoms with van der Waals surface area (Å²) in [5, 5.41) is 0. The topological polar surface area (TPSA) is 70.2 Å². The van der Waals surface area contributed by atoms with E-state index in [2.05, 4.69) is 45.1 Å². The second kappa shape index (κ2) is 8.83. The van der Waals surface area contributed by atoms with Gasteiger partial charge in [-0.05, 0) is 30.5 Å². The molecule has 2 aromatic heterocycles. The van der Waals surface area contributed by atoms with E-state index in [1.54, 1.807) is 0 Å². The average Bonchev–Trinajstić information content (AvgIpc) is 3.40. The molecule has 0 amide bonds. The first-order valence-electron chi connectivity index (χ1n) is 11.8. The lowest BCUT2D eigenvalue weighted by atomic mass is 9.97. The zero-order chi connectivity index (χ0) is 22.0. The number of morpholine rings is 1. The number of rotatable bonds is 4. The second-order valence-electron chi connectivity index (χ2n) is 8.79. The van der Waals surface area contributed by atoms with Crippen molar-refractivity contribution in [2.45, 2.75) is 18.8 Å². The molecule has 0 aliphatic carbocycles. The van der Waals surface area contributed by atoms with E-state index in [9.17, 15) is 0 Å². The van der Waals surface area contributed by atoms with Gasteiger partial charge in [0.05, 0.1) is 36.1 Å². The number of ether oxygens (including phenoxy) is 1. The van der Waals surface area contributed by atoms with Gasteiger partial charge in [0, 0.05) is 32.1 Å². The molecule has 2 fully saturated rings. The van der Waals surface area contributed by atoms with Gasteiger partial charge < -0.3 is 19.5 Å². The summed E-state index contributed by atoms with van der Waals surface area (Å²) in [5.74, 6) is 3.35. The standard InChI is InChI=1S/C26H28N6O/c1-2-7-19(8-3-1)23-17-27-24(28-23)20-9-6-12-32(18-20)26-25(31-13-15-33-16-14-31)29-21-10-4-5-11-22(21)30-26/h1-5,7-8,10-11,17,20H,6,9,12-16,18H2,(H,27,28). The fourth-order valence-corrected chi connectivity index (χ4v) is 4.88. The van der Waals surface area contributed by atoms with Gasteiger partial charge in [-0.25, -0.2) is 15.0 Å². The van der Waals surface area contributed by atoms with E-state index in [0.717, 1.165) is 86.4 Å². The minimum absolute atomic E-state index is 0.335. The number of imidazole rings is 1. The lowest BCUT2D eigenvalue weighted by molar-refractivity contribution is 0.122. The van der Waals surface area contributed by atoms with E-state index in [4.69, 9.17) is 19.7 Å². The molecule has 0 saturated carbocycles. The highest BCUT2D eigenvalue weighted by atomic mass is 16.5. The maximum atomic E-state index is 5.59. The molecule has 4 heterocycles. The smallest absolute Gasteiger partial charge is 0.172 e. The molecular weight excluding hydrogens is 412 g/mol. The third kappa shape index (κ3) is 4.04. The van der Waals surface area contributed by atoms with Crippen LogP contribution in [-0.4, -0.2) is 59.3 Å². The summed E-state index contributed by atoms with van der Waals surface area (Å²) in [7, 11) is 0.